The summed E-state index contributed by atoms with van der Waals surface area (Å²) in [6.45, 7) is 3.87. The zero-order valence-corrected chi connectivity index (χ0v) is 13.7. The zero-order valence-electron chi connectivity index (χ0n) is 12.9. The van der Waals surface area contributed by atoms with Gasteiger partial charge < -0.3 is 10.6 Å². The predicted molar refractivity (Wildman–Crippen MR) is 87.5 cm³/mol. The van der Waals surface area contributed by atoms with E-state index in [9.17, 15) is 9.18 Å². The highest BCUT2D eigenvalue weighted by Gasteiger charge is 2.39. The first-order valence-electron chi connectivity index (χ1n) is 7.89. The molecule has 1 saturated carbocycles. The van der Waals surface area contributed by atoms with Crippen molar-refractivity contribution in [3.63, 3.8) is 0 Å². The van der Waals surface area contributed by atoms with Crippen LogP contribution in [0.3, 0.4) is 0 Å². The monoisotopic (exact) mass is 326 g/mol. The SMILES string of the molecule is CC(C(=O)NC1(c2ccc(F)cc2)CCCC1)C1CNC1.Cl. The number of hydrogen-bond acceptors (Lipinski definition) is 2. The molecule has 1 aromatic carbocycles. The molecule has 1 atom stereocenters. The molecule has 2 fully saturated rings. The van der Waals surface area contributed by atoms with E-state index in [4.69, 9.17) is 0 Å². The Balaban J connectivity index is 0.00000176. The number of benzene rings is 1. The highest BCUT2D eigenvalue weighted by molar-refractivity contribution is 5.85. The second kappa shape index (κ2) is 6.97. The molecule has 0 spiro atoms. The molecule has 2 N–H and O–H groups in total. The molecule has 5 heteroatoms. The van der Waals surface area contributed by atoms with Crippen molar-refractivity contribution in [2.45, 2.75) is 38.1 Å². The van der Waals surface area contributed by atoms with Crippen LogP contribution in [-0.4, -0.2) is 19.0 Å². The first kappa shape index (κ1) is 17.2. The summed E-state index contributed by atoms with van der Waals surface area (Å²) in [7, 11) is 0. The van der Waals surface area contributed by atoms with Crippen LogP contribution in [0, 0.1) is 17.7 Å². The van der Waals surface area contributed by atoms with Crippen molar-refractivity contribution in [3.8, 4) is 0 Å². The summed E-state index contributed by atoms with van der Waals surface area (Å²) >= 11 is 0. The summed E-state index contributed by atoms with van der Waals surface area (Å²) in [5.74, 6) is 0.376. The standard InChI is InChI=1S/C17H23FN2O.ClH/c1-12(13-10-19-11-13)16(21)20-17(8-2-3-9-17)14-4-6-15(18)7-5-14;/h4-7,12-13,19H,2-3,8-11H2,1H3,(H,20,21);1H. The lowest BCUT2D eigenvalue weighted by Gasteiger charge is -2.36. The molecule has 1 aromatic rings. The van der Waals surface area contributed by atoms with E-state index in [0.29, 0.717) is 5.92 Å². The lowest BCUT2D eigenvalue weighted by molar-refractivity contribution is -0.128. The second-order valence-electron chi connectivity index (χ2n) is 6.49. The van der Waals surface area contributed by atoms with Gasteiger partial charge in [0.2, 0.25) is 5.91 Å². The number of carbonyl (C=O) groups excluding carboxylic acids is 1. The molecule has 0 aromatic heterocycles. The van der Waals surface area contributed by atoms with Crippen molar-refractivity contribution in [3.05, 3.63) is 35.6 Å². The minimum Gasteiger partial charge on any atom is -0.346 e. The Bertz CT molecular complexity index is 510. The molecule has 1 heterocycles. The van der Waals surface area contributed by atoms with Gasteiger partial charge >= 0.3 is 0 Å². The molecule has 0 radical (unpaired) electrons. The molecule has 0 bridgehead atoms. The maximum Gasteiger partial charge on any atom is 0.223 e. The summed E-state index contributed by atoms with van der Waals surface area (Å²) < 4.78 is 13.2. The third-order valence-corrected chi connectivity index (χ3v) is 5.15. The summed E-state index contributed by atoms with van der Waals surface area (Å²) in [6, 6.07) is 6.61. The molecule has 3 nitrogen and oxygen atoms in total. The van der Waals surface area contributed by atoms with E-state index in [0.717, 1.165) is 44.3 Å². The molecule has 122 valence electrons. The largest absolute Gasteiger partial charge is 0.346 e. The normalized spacial score (nSPS) is 21.5. The van der Waals surface area contributed by atoms with Crippen molar-refractivity contribution in [2.75, 3.05) is 13.1 Å². The van der Waals surface area contributed by atoms with Gasteiger partial charge in [-0.1, -0.05) is 31.9 Å². The Labute approximate surface area is 137 Å². The van der Waals surface area contributed by atoms with Crippen LogP contribution in [-0.2, 0) is 10.3 Å². The van der Waals surface area contributed by atoms with E-state index in [2.05, 4.69) is 10.6 Å². The van der Waals surface area contributed by atoms with Crippen molar-refractivity contribution in [1.29, 1.82) is 0 Å². The minimum atomic E-state index is -0.295. The Kier molecular flexibility index (Phi) is 5.45. The molecule has 1 amide bonds. The van der Waals surface area contributed by atoms with Gasteiger partial charge in [-0.2, -0.15) is 0 Å². The fourth-order valence-corrected chi connectivity index (χ4v) is 3.46. The van der Waals surface area contributed by atoms with Gasteiger partial charge in [0.15, 0.2) is 0 Å². The zero-order chi connectivity index (χ0) is 14.9. The first-order valence-corrected chi connectivity index (χ1v) is 7.89. The number of halogens is 2. The Hall–Kier alpha value is -1.13. The van der Waals surface area contributed by atoms with Crippen molar-refractivity contribution in [1.82, 2.24) is 10.6 Å². The molecule has 1 aliphatic carbocycles. The molecule has 2 aliphatic rings. The van der Waals surface area contributed by atoms with Gasteiger partial charge in [0.05, 0.1) is 5.54 Å². The highest BCUT2D eigenvalue weighted by atomic mass is 35.5. The molecule has 1 aliphatic heterocycles. The number of amides is 1. The highest BCUT2D eigenvalue weighted by Crippen LogP contribution is 2.39. The minimum absolute atomic E-state index is 0. The van der Waals surface area contributed by atoms with Crippen LogP contribution in [0.4, 0.5) is 4.39 Å². The van der Waals surface area contributed by atoms with Crippen molar-refractivity contribution in [2.24, 2.45) is 11.8 Å². The van der Waals surface area contributed by atoms with Crippen molar-refractivity contribution < 1.29 is 9.18 Å². The van der Waals surface area contributed by atoms with E-state index in [1.165, 1.54) is 12.1 Å². The molecule has 1 unspecified atom stereocenters. The van der Waals surface area contributed by atoms with E-state index in [1.54, 1.807) is 0 Å². The van der Waals surface area contributed by atoms with Gasteiger partial charge in [-0.15, -0.1) is 12.4 Å². The van der Waals surface area contributed by atoms with Crippen LogP contribution in [0.15, 0.2) is 24.3 Å². The van der Waals surface area contributed by atoms with Gasteiger partial charge in [0.25, 0.3) is 0 Å². The van der Waals surface area contributed by atoms with Crippen LogP contribution >= 0.6 is 12.4 Å². The van der Waals surface area contributed by atoms with Gasteiger partial charge in [-0.3, -0.25) is 4.79 Å². The van der Waals surface area contributed by atoms with E-state index >= 15 is 0 Å². The van der Waals surface area contributed by atoms with Crippen LogP contribution in [0.25, 0.3) is 0 Å². The molecule has 3 rings (SSSR count). The molecular weight excluding hydrogens is 303 g/mol. The lowest BCUT2D eigenvalue weighted by Crippen LogP contribution is -2.53. The van der Waals surface area contributed by atoms with Crippen LogP contribution < -0.4 is 10.6 Å². The van der Waals surface area contributed by atoms with Gasteiger partial charge in [-0.25, -0.2) is 4.39 Å². The van der Waals surface area contributed by atoms with Crippen LogP contribution in [0.2, 0.25) is 0 Å². The average Bonchev–Trinajstić information content (AvgIpc) is 2.87. The Morgan fingerprint density at radius 2 is 1.86 bits per heavy atom. The van der Waals surface area contributed by atoms with Gasteiger partial charge in [-0.05, 0) is 49.5 Å². The van der Waals surface area contributed by atoms with Gasteiger partial charge in [0.1, 0.15) is 5.82 Å². The van der Waals surface area contributed by atoms with Gasteiger partial charge in [0, 0.05) is 5.92 Å². The fraction of sp³-hybridized carbons (Fsp3) is 0.588. The number of rotatable bonds is 4. The Morgan fingerprint density at radius 1 is 1.27 bits per heavy atom. The predicted octanol–water partition coefficient (Wildman–Crippen LogP) is 2.99. The third-order valence-electron chi connectivity index (χ3n) is 5.15. The third kappa shape index (κ3) is 3.28. The van der Waals surface area contributed by atoms with Crippen molar-refractivity contribution >= 4 is 18.3 Å². The summed E-state index contributed by atoms with van der Waals surface area (Å²) in [5.41, 5.74) is 0.740. The van der Waals surface area contributed by atoms with Crippen LogP contribution in [0.1, 0.15) is 38.2 Å². The Morgan fingerprint density at radius 3 is 2.36 bits per heavy atom. The fourth-order valence-electron chi connectivity index (χ4n) is 3.46. The number of nitrogens with one attached hydrogen (secondary N) is 2. The van der Waals surface area contributed by atoms with Crippen LogP contribution in [0.5, 0.6) is 0 Å². The first-order chi connectivity index (χ1) is 10.1. The number of hydrogen-bond donors (Lipinski definition) is 2. The topological polar surface area (TPSA) is 41.1 Å². The smallest absolute Gasteiger partial charge is 0.223 e. The van der Waals surface area contributed by atoms with E-state index < -0.39 is 0 Å². The lowest BCUT2D eigenvalue weighted by atomic mass is 9.84. The quantitative estimate of drug-likeness (QED) is 0.893. The second-order valence-corrected chi connectivity index (χ2v) is 6.49. The maximum atomic E-state index is 13.2. The van der Waals surface area contributed by atoms with E-state index in [-0.39, 0.29) is 35.6 Å². The maximum absolute atomic E-state index is 13.2. The summed E-state index contributed by atoms with van der Waals surface area (Å²) in [4.78, 5) is 12.6. The number of carbonyl (C=O) groups is 1. The summed E-state index contributed by atoms with van der Waals surface area (Å²) in [5, 5.41) is 6.50. The molecule has 1 saturated heterocycles. The summed E-state index contributed by atoms with van der Waals surface area (Å²) in [6.07, 6.45) is 4.11. The molecular formula is C17H24ClFN2O. The average molecular weight is 327 g/mol. The molecule has 22 heavy (non-hydrogen) atoms. The van der Waals surface area contributed by atoms with E-state index in [1.807, 2.05) is 19.1 Å².